The molecule has 0 bridgehead atoms. The molecule has 1 aliphatic rings. The highest BCUT2D eigenvalue weighted by molar-refractivity contribution is 9.10. The molecule has 1 aromatic rings. The predicted octanol–water partition coefficient (Wildman–Crippen LogP) is 3.74. The number of ketones is 1. The van der Waals surface area contributed by atoms with Gasteiger partial charge in [0, 0.05) is 10.0 Å². The van der Waals surface area contributed by atoms with Gasteiger partial charge < -0.3 is 0 Å². The Kier molecular flexibility index (Phi) is 2.82. The zero-order valence-electron chi connectivity index (χ0n) is 7.79. The first-order valence-electron chi connectivity index (χ1n) is 4.76. The summed E-state index contributed by atoms with van der Waals surface area (Å²) in [6.45, 7) is 0. The Hall–Kier alpha value is -0.890. The van der Waals surface area contributed by atoms with E-state index in [4.69, 9.17) is 0 Å². The van der Waals surface area contributed by atoms with Gasteiger partial charge in [0.1, 0.15) is 0 Å². The Morgan fingerprint density at radius 1 is 1.21 bits per heavy atom. The van der Waals surface area contributed by atoms with Crippen molar-refractivity contribution in [3.63, 3.8) is 0 Å². The third kappa shape index (κ3) is 1.95. The number of benzene rings is 1. The van der Waals surface area contributed by atoms with Crippen molar-refractivity contribution in [2.45, 2.75) is 19.3 Å². The summed E-state index contributed by atoms with van der Waals surface area (Å²) in [7, 11) is 0. The number of allylic oxidation sites excluding steroid dienone is 2. The summed E-state index contributed by atoms with van der Waals surface area (Å²) in [5.74, 6) is 0.190. The summed E-state index contributed by atoms with van der Waals surface area (Å²) in [5.41, 5.74) is 1.77. The minimum absolute atomic E-state index is 0.190. The van der Waals surface area contributed by atoms with Crippen molar-refractivity contribution >= 4 is 21.7 Å². The van der Waals surface area contributed by atoms with Gasteiger partial charge >= 0.3 is 0 Å². The number of carbonyl (C=O) groups excluding carboxylic acids is 1. The molecule has 72 valence electrons. The van der Waals surface area contributed by atoms with Crippen molar-refractivity contribution in [2.24, 2.45) is 0 Å². The van der Waals surface area contributed by atoms with Crippen LogP contribution in [-0.2, 0) is 0 Å². The van der Waals surface area contributed by atoms with E-state index in [2.05, 4.69) is 22.0 Å². The molecule has 2 heteroatoms. The van der Waals surface area contributed by atoms with E-state index in [-0.39, 0.29) is 5.78 Å². The first-order valence-corrected chi connectivity index (χ1v) is 5.56. The minimum atomic E-state index is 0.190. The summed E-state index contributed by atoms with van der Waals surface area (Å²) in [5, 5.41) is 0. The fourth-order valence-corrected chi connectivity index (χ4v) is 1.93. The lowest BCUT2D eigenvalue weighted by molar-refractivity contribution is 0.103. The standard InChI is InChI=1S/C12H11BrO/c13-11-7-5-10(6-8-11)12(14)9-3-1-2-4-9/h3,5-8H,1-2,4H2. The second-order valence-corrected chi connectivity index (χ2v) is 4.37. The molecule has 0 unspecified atom stereocenters. The Morgan fingerprint density at radius 3 is 2.50 bits per heavy atom. The van der Waals surface area contributed by atoms with Crippen LogP contribution in [0.1, 0.15) is 29.6 Å². The van der Waals surface area contributed by atoms with Crippen LogP contribution < -0.4 is 0 Å². The van der Waals surface area contributed by atoms with Gasteiger partial charge in [-0.2, -0.15) is 0 Å². The van der Waals surface area contributed by atoms with Crippen molar-refractivity contribution < 1.29 is 4.79 Å². The van der Waals surface area contributed by atoms with E-state index in [9.17, 15) is 4.79 Å². The Morgan fingerprint density at radius 2 is 1.93 bits per heavy atom. The molecule has 0 radical (unpaired) electrons. The topological polar surface area (TPSA) is 17.1 Å². The van der Waals surface area contributed by atoms with Gasteiger partial charge in [0.05, 0.1) is 0 Å². The third-order valence-electron chi connectivity index (χ3n) is 2.44. The molecule has 0 saturated heterocycles. The first-order chi connectivity index (χ1) is 6.77. The van der Waals surface area contributed by atoms with Crippen LogP contribution in [0.5, 0.6) is 0 Å². The summed E-state index contributed by atoms with van der Waals surface area (Å²) >= 11 is 3.35. The van der Waals surface area contributed by atoms with Gasteiger partial charge in [-0.15, -0.1) is 0 Å². The Bertz CT molecular complexity index is 376. The maximum absolute atomic E-state index is 11.9. The van der Waals surface area contributed by atoms with Crippen LogP contribution in [0.2, 0.25) is 0 Å². The summed E-state index contributed by atoms with van der Waals surface area (Å²) in [6.07, 6.45) is 5.18. The number of halogens is 1. The molecule has 0 heterocycles. The molecule has 1 aliphatic carbocycles. The molecule has 1 aromatic carbocycles. The summed E-state index contributed by atoms with van der Waals surface area (Å²) in [4.78, 5) is 11.9. The highest BCUT2D eigenvalue weighted by atomic mass is 79.9. The lowest BCUT2D eigenvalue weighted by atomic mass is 10.0. The van der Waals surface area contributed by atoms with Gasteiger partial charge in [0.15, 0.2) is 5.78 Å². The van der Waals surface area contributed by atoms with Gasteiger partial charge in [-0.05, 0) is 49.1 Å². The fourth-order valence-electron chi connectivity index (χ4n) is 1.66. The lowest BCUT2D eigenvalue weighted by Crippen LogP contribution is -2.00. The molecule has 14 heavy (non-hydrogen) atoms. The van der Waals surface area contributed by atoms with E-state index >= 15 is 0 Å². The average Bonchev–Trinajstić information content (AvgIpc) is 2.71. The number of rotatable bonds is 2. The lowest BCUT2D eigenvalue weighted by Gasteiger charge is -2.01. The monoisotopic (exact) mass is 250 g/mol. The summed E-state index contributed by atoms with van der Waals surface area (Å²) in [6, 6.07) is 7.54. The molecule has 0 aromatic heterocycles. The highest BCUT2D eigenvalue weighted by Gasteiger charge is 2.14. The van der Waals surface area contributed by atoms with Crippen molar-refractivity contribution in [3.8, 4) is 0 Å². The van der Waals surface area contributed by atoms with Crippen molar-refractivity contribution in [3.05, 3.63) is 46.0 Å². The predicted molar refractivity (Wildman–Crippen MR) is 60.4 cm³/mol. The van der Waals surface area contributed by atoms with E-state index < -0.39 is 0 Å². The third-order valence-corrected chi connectivity index (χ3v) is 2.97. The molecule has 0 spiro atoms. The molecule has 0 fully saturated rings. The number of hydrogen-bond donors (Lipinski definition) is 0. The largest absolute Gasteiger partial charge is 0.289 e. The average molecular weight is 251 g/mol. The SMILES string of the molecule is O=C(C1=CCCC1)c1ccc(Br)cc1. The molecule has 2 rings (SSSR count). The van der Waals surface area contributed by atoms with Crippen molar-refractivity contribution in [2.75, 3.05) is 0 Å². The Balaban J connectivity index is 2.22. The number of hydrogen-bond acceptors (Lipinski definition) is 1. The van der Waals surface area contributed by atoms with Crippen LogP contribution in [0.25, 0.3) is 0 Å². The minimum Gasteiger partial charge on any atom is -0.289 e. The van der Waals surface area contributed by atoms with Crippen LogP contribution in [0.3, 0.4) is 0 Å². The van der Waals surface area contributed by atoms with Crippen LogP contribution in [0, 0.1) is 0 Å². The molecular weight excluding hydrogens is 240 g/mol. The number of carbonyl (C=O) groups is 1. The van der Waals surface area contributed by atoms with Crippen LogP contribution in [0.4, 0.5) is 0 Å². The quantitative estimate of drug-likeness (QED) is 0.731. The van der Waals surface area contributed by atoms with Crippen LogP contribution in [0.15, 0.2) is 40.4 Å². The smallest absolute Gasteiger partial charge is 0.188 e. The van der Waals surface area contributed by atoms with Crippen LogP contribution in [-0.4, -0.2) is 5.78 Å². The van der Waals surface area contributed by atoms with E-state index in [1.165, 1.54) is 0 Å². The van der Waals surface area contributed by atoms with E-state index in [0.717, 1.165) is 34.9 Å². The van der Waals surface area contributed by atoms with Gasteiger partial charge in [-0.3, -0.25) is 4.79 Å². The van der Waals surface area contributed by atoms with Gasteiger partial charge in [0.25, 0.3) is 0 Å². The zero-order chi connectivity index (χ0) is 9.97. The van der Waals surface area contributed by atoms with Crippen LogP contribution >= 0.6 is 15.9 Å². The second kappa shape index (κ2) is 4.09. The van der Waals surface area contributed by atoms with E-state index in [1.54, 1.807) is 0 Å². The van der Waals surface area contributed by atoms with E-state index in [0.29, 0.717) is 0 Å². The Labute approximate surface area is 92.0 Å². The molecule has 1 nitrogen and oxygen atoms in total. The molecule has 0 atom stereocenters. The first kappa shape index (κ1) is 9.66. The maximum Gasteiger partial charge on any atom is 0.188 e. The molecule has 0 saturated carbocycles. The second-order valence-electron chi connectivity index (χ2n) is 3.46. The zero-order valence-corrected chi connectivity index (χ0v) is 9.38. The molecule has 0 aliphatic heterocycles. The van der Waals surface area contributed by atoms with E-state index in [1.807, 2.05) is 24.3 Å². The molecule has 0 amide bonds. The van der Waals surface area contributed by atoms with Gasteiger partial charge in [-0.25, -0.2) is 0 Å². The normalized spacial score (nSPS) is 15.4. The maximum atomic E-state index is 11.9. The van der Waals surface area contributed by atoms with Gasteiger partial charge in [0.2, 0.25) is 0 Å². The summed E-state index contributed by atoms with van der Waals surface area (Å²) < 4.78 is 1.01. The van der Waals surface area contributed by atoms with Crippen molar-refractivity contribution in [1.29, 1.82) is 0 Å². The highest BCUT2D eigenvalue weighted by Crippen LogP contribution is 2.22. The fraction of sp³-hybridized carbons (Fsp3) is 0.250. The van der Waals surface area contributed by atoms with Gasteiger partial charge in [-0.1, -0.05) is 22.0 Å². The molecular formula is C12H11BrO. The molecule has 0 N–H and O–H groups in total. The number of Topliss-reactive ketones (excluding diaryl/α,β-unsaturated/α-hetero) is 1. The van der Waals surface area contributed by atoms with Crippen molar-refractivity contribution in [1.82, 2.24) is 0 Å².